The molecule has 0 unspecified atom stereocenters. The van der Waals surface area contributed by atoms with E-state index in [4.69, 9.17) is 4.74 Å². The molecule has 1 N–H and O–H groups in total. The van der Waals surface area contributed by atoms with E-state index in [-0.39, 0.29) is 5.91 Å². The van der Waals surface area contributed by atoms with Crippen molar-refractivity contribution >= 4 is 33.3 Å². The van der Waals surface area contributed by atoms with E-state index in [2.05, 4.69) is 15.3 Å². The molecule has 0 aliphatic carbocycles. The number of aryl methyl sites for hydroxylation is 1. The Kier molecular flexibility index (Phi) is 4.03. The van der Waals surface area contributed by atoms with Crippen molar-refractivity contribution in [1.29, 1.82) is 0 Å². The van der Waals surface area contributed by atoms with E-state index in [1.807, 2.05) is 18.7 Å². The standard InChI is InChI=1S/C14H18N4O2S/c1-3-15-12-10-9(2)11(21-13(10)17-8-16-12)14(19)18-4-6-20-7-5-18/h8H,3-7H2,1-2H3,(H,15,16,17). The quantitative estimate of drug-likeness (QED) is 0.938. The average molecular weight is 306 g/mol. The summed E-state index contributed by atoms with van der Waals surface area (Å²) in [7, 11) is 0. The van der Waals surface area contributed by atoms with Crippen LogP contribution in [0.5, 0.6) is 0 Å². The van der Waals surface area contributed by atoms with Crippen LogP contribution in [0.2, 0.25) is 0 Å². The first-order valence-corrected chi connectivity index (χ1v) is 7.89. The van der Waals surface area contributed by atoms with Gasteiger partial charge in [0.25, 0.3) is 5.91 Å². The first-order chi connectivity index (χ1) is 10.2. The molecule has 21 heavy (non-hydrogen) atoms. The highest BCUT2D eigenvalue weighted by atomic mass is 32.1. The Morgan fingerprint density at radius 2 is 2.19 bits per heavy atom. The van der Waals surface area contributed by atoms with Gasteiger partial charge in [-0.05, 0) is 19.4 Å². The molecule has 0 aromatic carbocycles. The zero-order valence-corrected chi connectivity index (χ0v) is 13.0. The number of fused-ring (bicyclic) bond motifs is 1. The van der Waals surface area contributed by atoms with Gasteiger partial charge in [-0.2, -0.15) is 0 Å². The number of nitrogens with zero attached hydrogens (tertiary/aromatic N) is 3. The fraction of sp³-hybridized carbons (Fsp3) is 0.500. The van der Waals surface area contributed by atoms with E-state index in [0.717, 1.165) is 33.0 Å². The molecule has 3 heterocycles. The van der Waals surface area contributed by atoms with Crippen LogP contribution in [-0.4, -0.2) is 53.6 Å². The molecule has 7 heteroatoms. The van der Waals surface area contributed by atoms with Crippen molar-refractivity contribution < 1.29 is 9.53 Å². The molecular weight excluding hydrogens is 288 g/mol. The molecule has 1 amide bonds. The molecule has 2 aromatic heterocycles. The molecule has 3 rings (SSSR count). The Morgan fingerprint density at radius 1 is 1.43 bits per heavy atom. The minimum Gasteiger partial charge on any atom is -0.378 e. The molecule has 2 aromatic rings. The summed E-state index contributed by atoms with van der Waals surface area (Å²) in [6, 6.07) is 0. The van der Waals surface area contributed by atoms with Gasteiger partial charge in [-0.3, -0.25) is 4.79 Å². The first kappa shape index (κ1) is 14.2. The molecule has 0 bridgehead atoms. The number of hydrogen-bond acceptors (Lipinski definition) is 6. The lowest BCUT2D eigenvalue weighted by molar-refractivity contribution is 0.0306. The third-order valence-electron chi connectivity index (χ3n) is 3.56. The zero-order valence-electron chi connectivity index (χ0n) is 12.2. The normalized spacial score (nSPS) is 15.4. The van der Waals surface area contributed by atoms with Gasteiger partial charge in [0.2, 0.25) is 0 Å². The Labute approximate surface area is 127 Å². The van der Waals surface area contributed by atoms with Crippen molar-refractivity contribution in [2.75, 3.05) is 38.2 Å². The van der Waals surface area contributed by atoms with Gasteiger partial charge in [-0.1, -0.05) is 0 Å². The Balaban J connectivity index is 2.01. The molecule has 0 saturated carbocycles. The number of carbonyl (C=O) groups is 1. The van der Waals surface area contributed by atoms with Gasteiger partial charge >= 0.3 is 0 Å². The number of rotatable bonds is 3. The number of nitrogens with one attached hydrogen (secondary N) is 1. The number of thiophene rings is 1. The first-order valence-electron chi connectivity index (χ1n) is 7.07. The molecule has 1 saturated heterocycles. The fourth-order valence-corrected chi connectivity index (χ4v) is 3.60. The van der Waals surface area contributed by atoms with Gasteiger partial charge in [-0.15, -0.1) is 11.3 Å². The van der Waals surface area contributed by atoms with Gasteiger partial charge < -0.3 is 15.0 Å². The maximum absolute atomic E-state index is 12.7. The molecule has 112 valence electrons. The summed E-state index contributed by atoms with van der Waals surface area (Å²) in [6.07, 6.45) is 1.54. The predicted octanol–water partition coefficient (Wildman–Crippen LogP) is 1.90. The number of carbonyl (C=O) groups excluding carboxylic acids is 1. The maximum atomic E-state index is 12.7. The summed E-state index contributed by atoms with van der Waals surface area (Å²) in [5, 5.41) is 4.19. The monoisotopic (exact) mass is 306 g/mol. The van der Waals surface area contributed by atoms with Crippen LogP contribution in [-0.2, 0) is 4.74 Å². The van der Waals surface area contributed by atoms with Gasteiger partial charge in [0, 0.05) is 19.6 Å². The van der Waals surface area contributed by atoms with E-state index < -0.39 is 0 Å². The van der Waals surface area contributed by atoms with E-state index in [9.17, 15) is 4.79 Å². The molecule has 6 nitrogen and oxygen atoms in total. The number of morpholine rings is 1. The van der Waals surface area contributed by atoms with Crippen molar-refractivity contribution in [2.45, 2.75) is 13.8 Å². The maximum Gasteiger partial charge on any atom is 0.264 e. The number of amides is 1. The Morgan fingerprint density at radius 3 is 2.90 bits per heavy atom. The van der Waals surface area contributed by atoms with Crippen LogP contribution in [0.25, 0.3) is 10.2 Å². The molecule has 0 spiro atoms. The van der Waals surface area contributed by atoms with Gasteiger partial charge in [0.15, 0.2) is 0 Å². The van der Waals surface area contributed by atoms with Gasteiger partial charge in [-0.25, -0.2) is 9.97 Å². The highest BCUT2D eigenvalue weighted by Crippen LogP contribution is 2.34. The van der Waals surface area contributed by atoms with Crippen LogP contribution >= 0.6 is 11.3 Å². The topological polar surface area (TPSA) is 67.4 Å². The highest BCUT2D eigenvalue weighted by molar-refractivity contribution is 7.20. The largest absolute Gasteiger partial charge is 0.378 e. The minimum absolute atomic E-state index is 0.0706. The summed E-state index contributed by atoms with van der Waals surface area (Å²) in [5.41, 5.74) is 0.961. The molecule has 1 fully saturated rings. The van der Waals surface area contributed by atoms with Crippen LogP contribution in [0.1, 0.15) is 22.2 Å². The van der Waals surface area contributed by atoms with Crippen molar-refractivity contribution in [3.8, 4) is 0 Å². The van der Waals surface area contributed by atoms with Gasteiger partial charge in [0.1, 0.15) is 17.0 Å². The van der Waals surface area contributed by atoms with Crippen molar-refractivity contribution in [2.24, 2.45) is 0 Å². The zero-order chi connectivity index (χ0) is 14.8. The summed E-state index contributed by atoms with van der Waals surface area (Å²) in [6.45, 7) is 7.30. The number of ether oxygens (including phenoxy) is 1. The van der Waals surface area contributed by atoms with E-state index in [0.29, 0.717) is 26.3 Å². The third kappa shape index (κ3) is 2.58. The number of aromatic nitrogens is 2. The van der Waals surface area contributed by atoms with Crippen LogP contribution < -0.4 is 5.32 Å². The highest BCUT2D eigenvalue weighted by Gasteiger charge is 2.24. The SMILES string of the molecule is CCNc1ncnc2sc(C(=O)N3CCOCC3)c(C)c12. The molecular formula is C14H18N4O2S. The number of hydrogen-bond donors (Lipinski definition) is 1. The van der Waals surface area contributed by atoms with E-state index >= 15 is 0 Å². The average Bonchev–Trinajstić information content (AvgIpc) is 2.86. The Hall–Kier alpha value is -1.73. The second-order valence-corrected chi connectivity index (χ2v) is 5.89. The Bertz CT molecular complexity index is 664. The van der Waals surface area contributed by atoms with Crippen molar-refractivity contribution in [1.82, 2.24) is 14.9 Å². The van der Waals surface area contributed by atoms with Crippen LogP contribution in [0.3, 0.4) is 0 Å². The predicted molar refractivity (Wildman–Crippen MR) is 83.0 cm³/mol. The summed E-state index contributed by atoms with van der Waals surface area (Å²) < 4.78 is 5.30. The molecule has 0 atom stereocenters. The second-order valence-electron chi connectivity index (χ2n) is 4.89. The van der Waals surface area contributed by atoms with Crippen molar-refractivity contribution in [3.63, 3.8) is 0 Å². The number of anilines is 1. The smallest absolute Gasteiger partial charge is 0.264 e. The third-order valence-corrected chi connectivity index (χ3v) is 4.75. The fourth-order valence-electron chi connectivity index (χ4n) is 2.49. The van der Waals surface area contributed by atoms with E-state index in [1.165, 1.54) is 11.3 Å². The lowest BCUT2D eigenvalue weighted by atomic mass is 10.2. The molecule has 1 aliphatic heterocycles. The summed E-state index contributed by atoms with van der Waals surface area (Å²) >= 11 is 1.44. The van der Waals surface area contributed by atoms with Crippen molar-refractivity contribution in [3.05, 3.63) is 16.8 Å². The van der Waals surface area contributed by atoms with E-state index in [1.54, 1.807) is 6.33 Å². The molecule has 1 aliphatic rings. The van der Waals surface area contributed by atoms with Gasteiger partial charge in [0.05, 0.1) is 23.5 Å². The molecule has 0 radical (unpaired) electrons. The minimum atomic E-state index is 0.0706. The summed E-state index contributed by atoms with van der Waals surface area (Å²) in [5.74, 6) is 0.874. The summed E-state index contributed by atoms with van der Waals surface area (Å²) in [4.78, 5) is 24.7. The van der Waals surface area contributed by atoms with Crippen LogP contribution in [0, 0.1) is 6.92 Å². The lowest BCUT2D eigenvalue weighted by Gasteiger charge is -2.26. The second kappa shape index (κ2) is 5.95. The van der Waals surface area contributed by atoms with Crippen LogP contribution in [0.15, 0.2) is 6.33 Å². The van der Waals surface area contributed by atoms with Crippen LogP contribution in [0.4, 0.5) is 5.82 Å². The lowest BCUT2D eigenvalue weighted by Crippen LogP contribution is -2.40.